The van der Waals surface area contributed by atoms with Crippen LogP contribution in [0.5, 0.6) is 5.75 Å². The van der Waals surface area contributed by atoms with Crippen LogP contribution in [0.25, 0.3) is 0 Å². The molecule has 172 valence electrons. The Balaban J connectivity index is 1.50. The second kappa shape index (κ2) is 11.3. The van der Waals surface area contributed by atoms with Crippen molar-refractivity contribution < 1.29 is 14.3 Å². The highest BCUT2D eigenvalue weighted by atomic mass is 79.9. The number of rotatable bonds is 5. The zero-order valence-electron chi connectivity index (χ0n) is 18.7. The molecule has 0 aliphatic carbocycles. The fraction of sp³-hybridized carbons (Fsp3) is 0.346. The highest BCUT2D eigenvalue weighted by Gasteiger charge is 2.23. The number of esters is 1. The summed E-state index contributed by atoms with van der Waals surface area (Å²) in [6, 6.07) is 13.8. The van der Waals surface area contributed by atoms with Crippen molar-refractivity contribution in [2.45, 2.75) is 51.2 Å². The molecule has 0 radical (unpaired) electrons. The lowest BCUT2D eigenvalue weighted by molar-refractivity contribution is 0.0271. The monoisotopic (exact) mass is 509 g/mol. The van der Waals surface area contributed by atoms with Crippen LogP contribution in [-0.2, 0) is 24.1 Å². The first-order valence-corrected chi connectivity index (χ1v) is 12.1. The van der Waals surface area contributed by atoms with E-state index in [2.05, 4.69) is 50.5 Å². The van der Waals surface area contributed by atoms with Gasteiger partial charge in [0.05, 0.1) is 19.3 Å². The standard InChI is InChI=1S/C26H28BrN3O3/c1-32-24-11-7-9-20-8-5-3-2-4-6-10-23(33-26(31)25(20)24)16-22-18-30(29-28-22)17-19-12-14-21(27)15-13-19/h3,5,7,9,11-15,18,23H,2,4,6,8,10,16-17H2,1H3/b5-3-/t23-/m1/s1. The second-order valence-electron chi connectivity index (χ2n) is 8.22. The van der Waals surface area contributed by atoms with Crippen molar-refractivity contribution in [2.75, 3.05) is 7.11 Å². The summed E-state index contributed by atoms with van der Waals surface area (Å²) in [5.74, 6) is 0.200. The highest BCUT2D eigenvalue weighted by Crippen LogP contribution is 2.26. The number of hydrogen-bond donors (Lipinski definition) is 0. The predicted octanol–water partition coefficient (Wildman–Crippen LogP) is 5.54. The predicted molar refractivity (Wildman–Crippen MR) is 130 cm³/mol. The Morgan fingerprint density at radius 2 is 2.00 bits per heavy atom. The third-order valence-corrected chi connectivity index (χ3v) is 6.27. The zero-order chi connectivity index (χ0) is 23.0. The van der Waals surface area contributed by atoms with E-state index >= 15 is 0 Å². The molecule has 4 rings (SSSR count). The van der Waals surface area contributed by atoms with Crippen LogP contribution in [0, 0.1) is 0 Å². The summed E-state index contributed by atoms with van der Waals surface area (Å²) in [5, 5.41) is 8.60. The van der Waals surface area contributed by atoms with Gasteiger partial charge in [-0.1, -0.05) is 57.6 Å². The number of halogens is 1. The van der Waals surface area contributed by atoms with Gasteiger partial charge >= 0.3 is 5.97 Å². The molecule has 0 saturated heterocycles. The number of nitrogens with zero attached hydrogens (tertiary/aromatic N) is 3. The lowest BCUT2D eigenvalue weighted by Gasteiger charge is -2.19. The maximum absolute atomic E-state index is 13.2. The van der Waals surface area contributed by atoms with Crippen LogP contribution in [0.4, 0.5) is 0 Å². The molecule has 0 fully saturated rings. The Morgan fingerprint density at radius 1 is 1.15 bits per heavy atom. The number of carbonyl (C=O) groups excluding carboxylic acids is 1. The van der Waals surface area contributed by atoms with E-state index in [-0.39, 0.29) is 12.1 Å². The van der Waals surface area contributed by atoms with E-state index in [0.717, 1.165) is 47.0 Å². The molecule has 3 aromatic rings. The second-order valence-corrected chi connectivity index (χ2v) is 9.14. The lowest BCUT2D eigenvalue weighted by Crippen LogP contribution is -2.22. The number of ether oxygens (including phenoxy) is 2. The Morgan fingerprint density at radius 3 is 2.82 bits per heavy atom. The summed E-state index contributed by atoms with van der Waals surface area (Å²) in [6.45, 7) is 0.641. The molecule has 1 atom stereocenters. The SMILES string of the molecule is COc1cccc2c1C(=O)O[C@@H](Cc1cn(Cc3ccc(Br)cc3)nn1)CCCC/C=C\C2. The maximum atomic E-state index is 13.2. The number of benzene rings is 2. The third-order valence-electron chi connectivity index (χ3n) is 5.74. The Hall–Kier alpha value is -2.93. The van der Waals surface area contributed by atoms with Crippen LogP contribution in [0.1, 0.15) is 52.9 Å². The highest BCUT2D eigenvalue weighted by molar-refractivity contribution is 9.10. The van der Waals surface area contributed by atoms with Gasteiger partial charge in [-0.05, 0) is 61.4 Å². The molecule has 0 unspecified atom stereocenters. The molecule has 33 heavy (non-hydrogen) atoms. The van der Waals surface area contributed by atoms with Gasteiger partial charge in [-0.3, -0.25) is 0 Å². The molecule has 0 N–H and O–H groups in total. The van der Waals surface area contributed by atoms with E-state index in [1.165, 1.54) is 0 Å². The number of cyclic esters (lactones) is 1. The molecular weight excluding hydrogens is 482 g/mol. The normalized spacial score (nSPS) is 17.9. The van der Waals surface area contributed by atoms with Crippen LogP contribution in [-0.4, -0.2) is 34.2 Å². The topological polar surface area (TPSA) is 66.2 Å². The van der Waals surface area contributed by atoms with Crippen LogP contribution < -0.4 is 4.74 Å². The van der Waals surface area contributed by atoms with Gasteiger partial charge in [0, 0.05) is 17.1 Å². The van der Waals surface area contributed by atoms with Crippen molar-refractivity contribution in [3.8, 4) is 5.75 Å². The molecule has 0 amide bonds. The minimum absolute atomic E-state index is 0.267. The average Bonchev–Trinajstić information content (AvgIpc) is 3.25. The molecule has 1 aromatic heterocycles. The summed E-state index contributed by atoms with van der Waals surface area (Å²) >= 11 is 3.46. The Kier molecular flexibility index (Phi) is 7.94. The van der Waals surface area contributed by atoms with Crippen molar-refractivity contribution in [2.24, 2.45) is 0 Å². The summed E-state index contributed by atoms with van der Waals surface area (Å²) in [5.41, 5.74) is 3.38. The first kappa shape index (κ1) is 23.2. The average molecular weight is 510 g/mol. The molecule has 6 nitrogen and oxygen atoms in total. The van der Waals surface area contributed by atoms with Gasteiger partial charge in [-0.15, -0.1) is 5.10 Å². The Bertz CT molecular complexity index is 1110. The number of carbonyl (C=O) groups is 1. The van der Waals surface area contributed by atoms with E-state index in [0.29, 0.717) is 30.7 Å². The molecular formula is C26H28BrN3O3. The van der Waals surface area contributed by atoms with Crippen LogP contribution in [0.2, 0.25) is 0 Å². The smallest absolute Gasteiger partial charge is 0.342 e. The van der Waals surface area contributed by atoms with Gasteiger partial charge in [0.1, 0.15) is 17.4 Å². The molecule has 0 bridgehead atoms. The quantitative estimate of drug-likeness (QED) is 0.333. The van der Waals surface area contributed by atoms with Crippen molar-refractivity contribution in [1.82, 2.24) is 15.0 Å². The van der Waals surface area contributed by atoms with E-state index in [4.69, 9.17) is 9.47 Å². The molecule has 1 aliphatic rings. The zero-order valence-corrected chi connectivity index (χ0v) is 20.3. The molecule has 2 heterocycles. The summed E-state index contributed by atoms with van der Waals surface area (Å²) in [4.78, 5) is 13.2. The molecule has 2 aromatic carbocycles. The lowest BCUT2D eigenvalue weighted by atomic mass is 10.0. The first-order chi connectivity index (χ1) is 16.1. The molecule has 7 heteroatoms. The Labute approximate surface area is 202 Å². The minimum Gasteiger partial charge on any atom is -0.496 e. The van der Waals surface area contributed by atoms with Crippen LogP contribution in [0.3, 0.4) is 0 Å². The fourth-order valence-electron chi connectivity index (χ4n) is 4.04. The fourth-order valence-corrected chi connectivity index (χ4v) is 4.31. The van der Waals surface area contributed by atoms with Crippen LogP contribution >= 0.6 is 15.9 Å². The minimum atomic E-state index is -0.344. The number of fused-ring (bicyclic) bond motifs is 1. The number of aromatic nitrogens is 3. The molecule has 0 spiro atoms. The van der Waals surface area contributed by atoms with E-state index < -0.39 is 0 Å². The van der Waals surface area contributed by atoms with E-state index in [1.807, 2.05) is 35.1 Å². The number of hydrogen-bond acceptors (Lipinski definition) is 5. The van der Waals surface area contributed by atoms with Gasteiger partial charge in [0.2, 0.25) is 0 Å². The van der Waals surface area contributed by atoms with Gasteiger partial charge in [-0.25, -0.2) is 9.48 Å². The van der Waals surface area contributed by atoms with Gasteiger partial charge in [0.25, 0.3) is 0 Å². The van der Waals surface area contributed by atoms with Crippen molar-refractivity contribution in [1.29, 1.82) is 0 Å². The summed E-state index contributed by atoms with van der Waals surface area (Å²) < 4.78 is 14.3. The number of methoxy groups -OCH3 is 1. The van der Waals surface area contributed by atoms with Crippen molar-refractivity contribution >= 4 is 21.9 Å². The summed E-state index contributed by atoms with van der Waals surface area (Å²) in [7, 11) is 1.58. The number of allylic oxidation sites excluding steroid dienone is 2. The van der Waals surface area contributed by atoms with Crippen molar-refractivity contribution in [3.05, 3.63) is 87.7 Å². The first-order valence-electron chi connectivity index (χ1n) is 11.3. The molecule has 0 saturated carbocycles. The van der Waals surface area contributed by atoms with Gasteiger partial charge in [0.15, 0.2) is 0 Å². The summed E-state index contributed by atoms with van der Waals surface area (Å²) in [6.07, 6.45) is 11.0. The molecule has 1 aliphatic heterocycles. The third kappa shape index (κ3) is 6.32. The van der Waals surface area contributed by atoms with E-state index in [9.17, 15) is 4.79 Å². The van der Waals surface area contributed by atoms with Gasteiger partial charge < -0.3 is 9.47 Å². The van der Waals surface area contributed by atoms with E-state index in [1.54, 1.807) is 13.2 Å². The van der Waals surface area contributed by atoms with Gasteiger partial charge in [-0.2, -0.15) is 0 Å². The van der Waals surface area contributed by atoms with Crippen molar-refractivity contribution in [3.63, 3.8) is 0 Å². The van der Waals surface area contributed by atoms with Crippen LogP contribution in [0.15, 0.2) is 65.3 Å². The maximum Gasteiger partial charge on any atom is 0.342 e. The largest absolute Gasteiger partial charge is 0.496 e.